The first-order chi connectivity index (χ1) is 11.5. The van der Waals surface area contributed by atoms with Crippen molar-refractivity contribution in [2.45, 2.75) is 30.7 Å². The Hall–Kier alpha value is -2.12. The number of hydrogen-bond donors (Lipinski definition) is 2. The zero-order chi connectivity index (χ0) is 17.3. The van der Waals surface area contributed by atoms with E-state index in [9.17, 15) is 9.59 Å². The summed E-state index contributed by atoms with van der Waals surface area (Å²) < 4.78 is 0. The molecule has 2 aromatic heterocycles. The molecule has 0 aliphatic carbocycles. The number of carbonyl (C=O) groups excluding carboxylic acids is 1. The summed E-state index contributed by atoms with van der Waals surface area (Å²) in [7, 11) is 0. The van der Waals surface area contributed by atoms with E-state index in [1.807, 2.05) is 43.5 Å². The second-order valence-corrected chi connectivity index (χ2v) is 7.53. The van der Waals surface area contributed by atoms with Crippen LogP contribution < -0.4 is 11.3 Å². The fourth-order valence-electron chi connectivity index (χ4n) is 2.41. The maximum absolute atomic E-state index is 12.5. The Morgan fingerprint density at radius 2 is 2.08 bits per heavy atom. The Morgan fingerprint density at radius 3 is 2.71 bits per heavy atom. The molecule has 3 aromatic rings. The van der Waals surface area contributed by atoms with Crippen molar-refractivity contribution < 1.29 is 4.79 Å². The number of aromatic amines is 1. The van der Waals surface area contributed by atoms with E-state index in [0.717, 1.165) is 11.1 Å². The molecule has 0 spiro atoms. The van der Waals surface area contributed by atoms with Crippen molar-refractivity contribution in [1.82, 2.24) is 9.97 Å². The highest BCUT2D eigenvalue weighted by Crippen LogP contribution is 2.32. The van der Waals surface area contributed by atoms with Crippen molar-refractivity contribution in [2.75, 3.05) is 0 Å². The molecule has 0 radical (unpaired) electrons. The van der Waals surface area contributed by atoms with Gasteiger partial charge in [0.2, 0.25) is 5.91 Å². The highest BCUT2D eigenvalue weighted by molar-refractivity contribution is 8.00. The molecule has 0 saturated carbocycles. The number of aryl methyl sites for hydroxylation is 1. The molecule has 0 saturated heterocycles. The fourth-order valence-corrected chi connectivity index (χ4v) is 4.26. The minimum absolute atomic E-state index is 0.196. The maximum Gasteiger partial charge on any atom is 0.260 e. The van der Waals surface area contributed by atoms with Crippen LogP contribution in [0.15, 0.2) is 39.6 Å². The molecule has 2 heterocycles. The molecule has 0 fully saturated rings. The monoisotopic (exact) mass is 359 g/mol. The van der Waals surface area contributed by atoms with Crippen LogP contribution in [0.2, 0.25) is 0 Å². The van der Waals surface area contributed by atoms with Crippen LogP contribution in [-0.2, 0) is 4.79 Å². The number of hydrogen-bond acceptors (Lipinski definition) is 5. The third-order valence-corrected chi connectivity index (χ3v) is 5.87. The first-order valence-electron chi connectivity index (χ1n) is 7.54. The van der Waals surface area contributed by atoms with Crippen molar-refractivity contribution in [3.8, 4) is 11.1 Å². The predicted octanol–water partition coefficient (Wildman–Crippen LogP) is 3.32. The first kappa shape index (κ1) is 16.7. The van der Waals surface area contributed by atoms with Crippen LogP contribution >= 0.6 is 23.1 Å². The van der Waals surface area contributed by atoms with Gasteiger partial charge in [0.1, 0.15) is 4.83 Å². The van der Waals surface area contributed by atoms with Gasteiger partial charge in [-0.25, -0.2) is 4.98 Å². The largest absolute Gasteiger partial charge is 0.369 e. The van der Waals surface area contributed by atoms with E-state index in [2.05, 4.69) is 9.97 Å². The standard InChI is InChI=1S/C17H17N3O2S2/c1-3-12(14(18)21)24-17-19-15(22)13-11(8-23-16(13)20-17)10-6-4-9(2)5-7-10/h4-8,12H,3H2,1-2H3,(H2,18,21)(H,19,20,22). The molecule has 1 unspecified atom stereocenters. The van der Waals surface area contributed by atoms with Crippen molar-refractivity contribution in [1.29, 1.82) is 0 Å². The number of fused-ring (bicyclic) bond motifs is 1. The summed E-state index contributed by atoms with van der Waals surface area (Å²) >= 11 is 2.62. The summed E-state index contributed by atoms with van der Waals surface area (Å²) in [5, 5.41) is 2.55. The van der Waals surface area contributed by atoms with Gasteiger partial charge >= 0.3 is 0 Å². The first-order valence-corrected chi connectivity index (χ1v) is 9.30. The minimum atomic E-state index is -0.406. The minimum Gasteiger partial charge on any atom is -0.369 e. The predicted molar refractivity (Wildman–Crippen MR) is 99.5 cm³/mol. The van der Waals surface area contributed by atoms with Gasteiger partial charge in [0.05, 0.1) is 10.6 Å². The van der Waals surface area contributed by atoms with E-state index in [0.29, 0.717) is 21.8 Å². The van der Waals surface area contributed by atoms with Crippen LogP contribution in [0.4, 0.5) is 0 Å². The third kappa shape index (κ3) is 3.22. The van der Waals surface area contributed by atoms with Crippen LogP contribution in [0.5, 0.6) is 0 Å². The SMILES string of the molecule is CCC(Sc1nc2scc(-c3ccc(C)cc3)c2c(=O)[nH]1)C(N)=O. The second-order valence-electron chi connectivity index (χ2n) is 5.48. The van der Waals surface area contributed by atoms with Gasteiger partial charge < -0.3 is 10.7 Å². The van der Waals surface area contributed by atoms with Gasteiger partial charge in [0, 0.05) is 10.9 Å². The van der Waals surface area contributed by atoms with Gasteiger partial charge in [-0.3, -0.25) is 9.59 Å². The summed E-state index contributed by atoms with van der Waals surface area (Å²) in [6, 6.07) is 8.03. The van der Waals surface area contributed by atoms with Gasteiger partial charge in [-0.05, 0) is 18.9 Å². The zero-order valence-corrected chi connectivity index (χ0v) is 15.0. The quantitative estimate of drug-likeness (QED) is 0.540. The number of thiophene rings is 1. The molecule has 1 aromatic carbocycles. The molecule has 3 rings (SSSR count). The number of rotatable bonds is 5. The topological polar surface area (TPSA) is 88.8 Å². The van der Waals surface area contributed by atoms with Gasteiger partial charge in [-0.2, -0.15) is 0 Å². The normalized spacial score (nSPS) is 12.4. The van der Waals surface area contributed by atoms with E-state index in [1.54, 1.807) is 0 Å². The Morgan fingerprint density at radius 1 is 1.38 bits per heavy atom. The van der Waals surface area contributed by atoms with E-state index >= 15 is 0 Å². The lowest BCUT2D eigenvalue weighted by molar-refractivity contribution is -0.117. The molecule has 1 amide bonds. The van der Waals surface area contributed by atoms with Crippen LogP contribution in [0, 0.1) is 6.92 Å². The van der Waals surface area contributed by atoms with Gasteiger partial charge in [-0.1, -0.05) is 48.5 Å². The molecule has 3 N–H and O–H groups in total. The number of thioether (sulfide) groups is 1. The molecule has 1 atom stereocenters. The number of benzene rings is 1. The van der Waals surface area contributed by atoms with Crippen LogP contribution in [0.25, 0.3) is 21.3 Å². The molecule has 0 bridgehead atoms. The number of aromatic nitrogens is 2. The highest BCUT2D eigenvalue weighted by atomic mass is 32.2. The summed E-state index contributed by atoms with van der Waals surface area (Å²) in [6.45, 7) is 3.90. The van der Waals surface area contributed by atoms with Crippen molar-refractivity contribution in [3.05, 3.63) is 45.6 Å². The van der Waals surface area contributed by atoms with E-state index in [1.165, 1.54) is 28.7 Å². The number of primary amides is 1. The zero-order valence-electron chi connectivity index (χ0n) is 13.3. The summed E-state index contributed by atoms with van der Waals surface area (Å²) in [4.78, 5) is 31.9. The average molecular weight is 359 g/mol. The Bertz CT molecular complexity index is 945. The molecule has 124 valence electrons. The highest BCUT2D eigenvalue weighted by Gasteiger charge is 2.18. The van der Waals surface area contributed by atoms with Crippen molar-refractivity contribution in [3.63, 3.8) is 0 Å². The number of nitrogens with one attached hydrogen (secondary N) is 1. The molecule has 0 aliphatic heterocycles. The number of amides is 1. The fraction of sp³-hybridized carbons (Fsp3) is 0.235. The summed E-state index contributed by atoms with van der Waals surface area (Å²) in [5.41, 5.74) is 8.20. The Kier molecular flexibility index (Phi) is 4.73. The molecule has 7 heteroatoms. The Balaban J connectivity index is 2.04. The van der Waals surface area contributed by atoms with Gasteiger partial charge in [0.25, 0.3) is 5.56 Å². The van der Waals surface area contributed by atoms with E-state index < -0.39 is 11.2 Å². The van der Waals surface area contributed by atoms with Gasteiger partial charge in [-0.15, -0.1) is 11.3 Å². The molecular weight excluding hydrogens is 342 g/mol. The number of nitrogens with zero attached hydrogens (tertiary/aromatic N) is 1. The van der Waals surface area contributed by atoms with Crippen molar-refractivity contribution >= 4 is 39.2 Å². The number of H-pyrrole nitrogens is 1. The lowest BCUT2D eigenvalue weighted by Gasteiger charge is -2.09. The second kappa shape index (κ2) is 6.78. The summed E-state index contributed by atoms with van der Waals surface area (Å²) in [5.74, 6) is -0.406. The molecular formula is C17H17N3O2S2. The lowest BCUT2D eigenvalue weighted by atomic mass is 10.1. The number of carbonyl (C=O) groups is 1. The van der Waals surface area contributed by atoms with Crippen LogP contribution in [0.1, 0.15) is 18.9 Å². The van der Waals surface area contributed by atoms with E-state index in [4.69, 9.17) is 5.73 Å². The van der Waals surface area contributed by atoms with Crippen molar-refractivity contribution in [2.24, 2.45) is 5.73 Å². The third-order valence-electron chi connectivity index (χ3n) is 3.73. The Labute approximate surface area is 147 Å². The molecule has 5 nitrogen and oxygen atoms in total. The average Bonchev–Trinajstić information content (AvgIpc) is 2.97. The molecule has 0 aliphatic rings. The molecule has 24 heavy (non-hydrogen) atoms. The van der Waals surface area contributed by atoms with Gasteiger partial charge in [0.15, 0.2) is 5.16 Å². The summed E-state index contributed by atoms with van der Waals surface area (Å²) in [6.07, 6.45) is 0.584. The maximum atomic E-state index is 12.5. The number of nitrogens with two attached hydrogens (primary N) is 1. The lowest BCUT2D eigenvalue weighted by Crippen LogP contribution is -2.25. The van der Waals surface area contributed by atoms with E-state index in [-0.39, 0.29) is 5.56 Å². The van der Waals surface area contributed by atoms with Crippen LogP contribution in [-0.4, -0.2) is 21.1 Å². The van der Waals surface area contributed by atoms with Crippen LogP contribution in [0.3, 0.4) is 0 Å². The smallest absolute Gasteiger partial charge is 0.260 e.